The number of hydrogen-bond donors (Lipinski definition) is 2. The van der Waals surface area contributed by atoms with Crippen LogP contribution in [0.25, 0.3) is 33.9 Å². The molecule has 2 heterocycles. The average Bonchev–Trinajstić information content (AvgIpc) is 3.44. The van der Waals surface area contributed by atoms with Crippen molar-refractivity contribution in [3.8, 4) is 51.8 Å². The minimum atomic E-state index is -0.112. The Morgan fingerprint density at radius 1 is 0.878 bits per heavy atom. The Morgan fingerprint density at radius 3 is 2.22 bits per heavy atom. The molecule has 3 N–H and O–H groups in total. The summed E-state index contributed by atoms with van der Waals surface area (Å²) >= 11 is 7.35. The highest BCUT2D eigenvalue weighted by atomic mass is 35.5. The van der Waals surface area contributed by atoms with Crippen LogP contribution in [-0.4, -0.2) is 28.3 Å². The standard InChI is InChI=1S/C31H22ClN5O3S/c32-22-10-6-21(7-11-22)30-36-26(28(40-30)20-4-2-1-3-5-20)18-41-31-25(17-34)27(24(16-33)29(35)37-31)19-8-12-23(13-9-19)39-15-14-38/h1-13,38H,14-15,18H2,(H2,35,37). The van der Waals surface area contributed by atoms with Gasteiger partial charge in [0.2, 0.25) is 5.89 Å². The van der Waals surface area contributed by atoms with Crippen molar-refractivity contribution in [2.45, 2.75) is 10.8 Å². The van der Waals surface area contributed by atoms with Crippen LogP contribution < -0.4 is 10.5 Å². The molecule has 0 aliphatic carbocycles. The van der Waals surface area contributed by atoms with Gasteiger partial charge in [0.1, 0.15) is 40.9 Å². The largest absolute Gasteiger partial charge is 0.491 e. The van der Waals surface area contributed by atoms with Gasteiger partial charge in [0, 0.05) is 27.5 Å². The number of nitrogens with two attached hydrogens (primary N) is 1. The molecule has 0 unspecified atom stereocenters. The molecule has 41 heavy (non-hydrogen) atoms. The van der Waals surface area contributed by atoms with E-state index in [2.05, 4.69) is 17.1 Å². The van der Waals surface area contributed by atoms with Crippen LogP contribution in [0.1, 0.15) is 16.8 Å². The predicted molar refractivity (Wildman–Crippen MR) is 158 cm³/mol. The summed E-state index contributed by atoms with van der Waals surface area (Å²) in [6, 6.07) is 28.0. The van der Waals surface area contributed by atoms with E-state index in [9.17, 15) is 10.5 Å². The van der Waals surface area contributed by atoms with Crippen molar-refractivity contribution >= 4 is 29.2 Å². The second-order valence-corrected chi connectivity index (χ2v) is 10.1. The van der Waals surface area contributed by atoms with Gasteiger partial charge in [-0.25, -0.2) is 9.97 Å². The highest BCUT2D eigenvalue weighted by Crippen LogP contribution is 2.39. The van der Waals surface area contributed by atoms with Crippen molar-refractivity contribution in [2.75, 3.05) is 18.9 Å². The lowest BCUT2D eigenvalue weighted by Crippen LogP contribution is -2.04. The van der Waals surface area contributed by atoms with Gasteiger partial charge in [-0.15, -0.1) is 0 Å². The molecule has 202 valence electrons. The SMILES string of the molecule is N#Cc1c(N)nc(SCc2nc(-c3ccc(Cl)cc3)oc2-c2ccccc2)c(C#N)c1-c1ccc(OCCO)cc1. The van der Waals surface area contributed by atoms with Gasteiger partial charge in [0.15, 0.2) is 5.76 Å². The minimum absolute atomic E-state index is 0.0231. The zero-order valence-corrected chi connectivity index (χ0v) is 23.1. The van der Waals surface area contributed by atoms with Crippen LogP contribution in [0.3, 0.4) is 0 Å². The molecule has 8 nitrogen and oxygen atoms in total. The summed E-state index contributed by atoms with van der Waals surface area (Å²) in [5.74, 6) is 1.93. The smallest absolute Gasteiger partial charge is 0.227 e. The van der Waals surface area contributed by atoms with Gasteiger partial charge in [0.05, 0.1) is 17.9 Å². The first kappa shape index (κ1) is 27.8. The molecule has 0 bridgehead atoms. The van der Waals surface area contributed by atoms with Gasteiger partial charge >= 0.3 is 0 Å². The quantitative estimate of drug-likeness (QED) is 0.182. The normalized spacial score (nSPS) is 10.6. The number of aliphatic hydroxyl groups is 1. The third-order valence-corrected chi connectivity index (χ3v) is 7.33. The molecule has 0 spiro atoms. The molecule has 0 atom stereocenters. The lowest BCUT2D eigenvalue weighted by molar-refractivity contribution is 0.201. The molecular weight excluding hydrogens is 558 g/mol. The molecule has 0 radical (unpaired) electrons. The lowest BCUT2D eigenvalue weighted by Gasteiger charge is -2.13. The number of nitrogen functional groups attached to an aromatic ring is 1. The molecule has 5 aromatic rings. The first-order valence-electron chi connectivity index (χ1n) is 12.4. The van der Waals surface area contributed by atoms with E-state index in [0.717, 1.165) is 11.1 Å². The van der Waals surface area contributed by atoms with Gasteiger partial charge < -0.3 is 20.0 Å². The maximum absolute atomic E-state index is 10.2. The van der Waals surface area contributed by atoms with Crippen molar-refractivity contribution in [1.29, 1.82) is 10.5 Å². The third-order valence-electron chi connectivity index (χ3n) is 6.09. The lowest BCUT2D eigenvalue weighted by atomic mass is 9.97. The van der Waals surface area contributed by atoms with E-state index in [4.69, 9.17) is 36.6 Å². The first-order chi connectivity index (χ1) is 20.0. The number of hydrogen-bond acceptors (Lipinski definition) is 9. The second kappa shape index (κ2) is 12.6. The number of anilines is 1. The topological polar surface area (TPSA) is 142 Å². The molecule has 0 aliphatic heterocycles. The second-order valence-electron chi connectivity index (χ2n) is 8.70. The van der Waals surface area contributed by atoms with Crippen LogP contribution in [-0.2, 0) is 5.75 Å². The molecular formula is C31H22ClN5O3S. The number of rotatable bonds is 9. The number of thioether (sulfide) groups is 1. The van der Waals surface area contributed by atoms with E-state index >= 15 is 0 Å². The number of pyridine rings is 1. The van der Waals surface area contributed by atoms with E-state index in [-0.39, 0.29) is 30.2 Å². The molecule has 0 saturated carbocycles. The fraction of sp³-hybridized carbons (Fsp3) is 0.0968. The van der Waals surface area contributed by atoms with E-state index in [1.165, 1.54) is 11.8 Å². The maximum atomic E-state index is 10.2. The summed E-state index contributed by atoms with van der Waals surface area (Å²) in [4.78, 5) is 9.19. The fourth-order valence-electron chi connectivity index (χ4n) is 4.19. The van der Waals surface area contributed by atoms with Gasteiger partial charge in [-0.1, -0.05) is 65.8 Å². The van der Waals surface area contributed by atoms with Gasteiger partial charge in [0.25, 0.3) is 0 Å². The van der Waals surface area contributed by atoms with E-state index in [0.29, 0.717) is 50.0 Å². The summed E-state index contributed by atoms with van der Waals surface area (Å²) in [5, 5.41) is 30.1. The number of oxazole rings is 1. The zero-order valence-electron chi connectivity index (χ0n) is 21.5. The Bertz CT molecular complexity index is 1760. The van der Waals surface area contributed by atoms with Crippen LogP contribution in [0.2, 0.25) is 5.02 Å². The number of aliphatic hydroxyl groups excluding tert-OH is 1. The van der Waals surface area contributed by atoms with Crippen LogP contribution in [0, 0.1) is 22.7 Å². The Hall–Kier alpha value is -4.80. The summed E-state index contributed by atoms with van der Waals surface area (Å²) < 4.78 is 11.7. The Morgan fingerprint density at radius 2 is 1.56 bits per heavy atom. The van der Waals surface area contributed by atoms with Gasteiger partial charge in [-0.05, 0) is 42.0 Å². The minimum Gasteiger partial charge on any atom is -0.491 e. The molecule has 10 heteroatoms. The molecule has 0 amide bonds. The fourth-order valence-corrected chi connectivity index (χ4v) is 5.24. The van der Waals surface area contributed by atoms with Crippen LogP contribution in [0.4, 0.5) is 5.82 Å². The summed E-state index contributed by atoms with van der Waals surface area (Å²) in [6.45, 7) is 0.0427. The Labute approximate surface area is 245 Å². The highest BCUT2D eigenvalue weighted by molar-refractivity contribution is 7.98. The first-order valence-corrected chi connectivity index (χ1v) is 13.8. The Kier molecular flexibility index (Phi) is 8.52. The van der Waals surface area contributed by atoms with Gasteiger partial charge in [-0.3, -0.25) is 0 Å². The number of nitriles is 2. The van der Waals surface area contributed by atoms with Crippen LogP contribution >= 0.6 is 23.4 Å². The zero-order chi connectivity index (χ0) is 28.8. The van der Waals surface area contributed by atoms with Gasteiger partial charge in [-0.2, -0.15) is 10.5 Å². The summed E-state index contributed by atoms with van der Waals surface area (Å²) in [7, 11) is 0. The summed E-state index contributed by atoms with van der Waals surface area (Å²) in [5.41, 5.74) is 9.86. The molecule has 0 aliphatic rings. The Balaban J connectivity index is 1.53. The van der Waals surface area contributed by atoms with Crippen LogP contribution in [0.15, 0.2) is 88.3 Å². The number of benzene rings is 3. The maximum Gasteiger partial charge on any atom is 0.227 e. The number of aromatic nitrogens is 2. The molecule has 0 fully saturated rings. The third kappa shape index (κ3) is 6.03. The molecule has 2 aromatic heterocycles. The number of halogens is 1. The van der Waals surface area contributed by atoms with Crippen LogP contribution in [0.5, 0.6) is 5.75 Å². The molecule has 3 aromatic carbocycles. The molecule has 0 saturated heterocycles. The van der Waals surface area contributed by atoms with Crippen molar-refractivity contribution in [1.82, 2.24) is 9.97 Å². The predicted octanol–water partition coefficient (Wildman–Crippen LogP) is 6.71. The number of ether oxygens (including phenoxy) is 1. The van der Waals surface area contributed by atoms with E-state index in [1.54, 1.807) is 36.4 Å². The van der Waals surface area contributed by atoms with E-state index in [1.807, 2.05) is 42.5 Å². The van der Waals surface area contributed by atoms with Crippen molar-refractivity contribution in [2.24, 2.45) is 0 Å². The molecule has 5 rings (SSSR count). The van der Waals surface area contributed by atoms with E-state index < -0.39 is 0 Å². The average molecular weight is 580 g/mol. The highest BCUT2D eigenvalue weighted by Gasteiger charge is 2.23. The monoisotopic (exact) mass is 579 g/mol. The van der Waals surface area contributed by atoms with Crippen molar-refractivity contribution < 1.29 is 14.3 Å². The number of nitrogens with zero attached hydrogens (tertiary/aromatic N) is 4. The summed E-state index contributed by atoms with van der Waals surface area (Å²) in [6.07, 6.45) is 0. The van der Waals surface area contributed by atoms with Crippen molar-refractivity contribution in [3.63, 3.8) is 0 Å². The van der Waals surface area contributed by atoms with Crippen molar-refractivity contribution in [3.05, 3.63) is 101 Å².